The molecule has 1 amide bonds. The van der Waals surface area contributed by atoms with Crippen molar-refractivity contribution < 1.29 is 9.90 Å². The normalized spacial score (nSPS) is 28.0. The Labute approximate surface area is 126 Å². The van der Waals surface area contributed by atoms with Crippen molar-refractivity contribution in [3.8, 4) is 0 Å². The van der Waals surface area contributed by atoms with Gasteiger partial charge in [-0.05, 0) is 43.2 Å². The number of hydrogen-bond acceptors (Lipinski definition) is 2. The van der Waals surface area contributed by atoms with Crippen LogP contribution in [0.2, 0.25) is 0 Å². The lowest BCUT2D eigenvalue weighted by Crippen LogP contribution is -2.48. The molecule has 112 valence electrons. The zero-order chi connectivity index (χ0) is 14.7. The Balaban J connectivity index is 1.58. The lowest BCUT2D eigenvalue weighted by atomic mass is 9.80. The van der Waals surface area contributed by atoms with Gasteiger partial charge in [-0.15, -0.1) is 0 Å². The molecule has 3 nitrogen and oxygen atoms in total. The topological polar surface area (TPSA) is 49.3 Å². The van der Waals surface area contributed by atoms with Crippen molar-refractivity contribution in [2.75, 3.05) is 6.54 Å². The van der Waals surface area contributed by atoms with Crippen molar-refractivity contribution in [3.05, 3.63) is 47.5 Å². The average Bonchev–Trinajstić information content (AvgIpc) is 2.53. The van der Waals surface area contributed by atoms with E-state index in [9.17, 15) is 9.90 Å². The van der Waals surface area contributed by atoms with Gasteiger partial charge in [0, 0.05) is 18.9 Å². The first kappa shape index (κ1) is 14.3. The Morgan fingerprint density at radius 2 is 2.10 bits per heavy atom. The highest BCUT2D eigenvalue weighted by atomic mass is 16.3. The Morgan fingerprint density at radius 3 is 2.86 bits per heavy atom. The molecule has 0 spiro atoms. The summed E-state index contributed by atoms with van der Waals surface area (Å²) in [4.78, 5) is 12.2. The highest BCUT2D eigenvalue weighted by Gasteiger charge is 2.33. The van der Waals surface area contributed by atoms with Crippen LogP contribution in [0.3, 0.4) is 0 Å². The monoisotopic (exact) mass is 285 g/mol. The Morgan fingerprint density at radius 1 is 1.29 bits per heavy atom. The third-order valence-electron chi connectivity index (χ3n) is 4.73. The number of carbonyl (C=O) groups is 1. The van der Waals surface area contributed by atoms with Crippen LogP contribution >= 0.6 is 0 Å². The lowest BCUT2D eigenvalue weighted by molar-refractivity contribution is -0.126. The quantitative estimate of drug-likeness (QED) is 0.838. The van der Waals surface area contributed by atoms with Gasteiger partial charge >= 0.3 is 0 Å². The molecule has 3 heteroatoms. The maximum Gasteiger partial charge on any atom is 0.223 e. The number of rotatable bonds is 3. The molecule has 3 rings (SSSR count). The van der Waals surface area contributed by atoms with Crippen LogP contribution in [0.15, 0.2) is 36.4 Å². The predicted molar refractivity (Wildman–Crippen MR) is 82.9 cm³/mol. The van der Waals surface area contributed by atoms with E-state index in [1.54, 1.807) is 0 Å². The molecule has 1 aromatic rings. The van der Waals surface area contributed by atoms with Crippen LogP contribution in [0.4, 0.5) is 0 Å². The van der Waals surface area contributed by atoms with Crippen LogP contribution < -0.4 is 5.32 Å². The van der Waals surface area contributed by atoms with Crippen LogP contribution in [-0.4, -0.2) is 23.2 Å². The summed E-state index contributed by atoms with van der Waals surface area (Å²) >= 11 is 0. The highest BCUT2D eigenvalue weighted by Crippen LogP contribution is 2.28. The van der Waals surface area contributed by atoms with Gasteiger partial charge in [0.05, 0.1) is 5.60 Å². The van der Waals surface area contributed by atoms with Gasteiger partial charge in [-0.1, -0.05) is 36.4 Å². The Bertz CT molecular complexity index is 552. The number of nitrogens with one attached hydrogen (secondary N) is 1. The van der Waals surface area contributed by atoms with Crippen LogP contribution in [0.25, 0.3) is 0 Å². The molecule has 0 saturated carbocycles. The van der Waals surface area contributed by atoms with Crippen LogP contribution in [-0.2, 0) is 17.6 Å². The molecule has 0 unspecified atom stereocenters. The fourth-order valence-corrected chi connectivity index (χ4v) is 3.36. The van der Waals surface area contributed by atoms with Gasteiger partial charge in [-0.25, -0.2) is 0 Å². The van der Waals surface area contributed by atoms with Gasteiger partial charge in [0.2, 0.25) is 5.91 Å². The zero-order valence-electron chi connectivity index (χ0n) is 12.3. The smallest absolute Gasteiger partial charge is 0.223 e. The molecule has 2 aliphatic carbocycles. The van der Waals surface area contributed by atoms with Crippen molar-refractivity contribution in [1.82, 2.24) is 5.32 Å². The van der Waals surface area contributed by atoms with Gasteiger partial charge in [0.1, 0.15) is 0 Å². The average molecular weight is 285 g/mol. The molecule has 0 aromatic heterocycles. The van der Waals surface area contributed by atoms with Crippen molar-refractivity contribution in [2.45, 2.75) is 44.1 Å². The van der Waals surface area contributed by atoms with Gasteiger partial charge < -0.3 is 10.4 Å². The fourth-order valence-electron chi connectivity index (χ4n) is 3.36. The molecule has 0 saturated heterocycles. The van der Waals surface area contributed by atoms with E-state index in [1.165, 1.54) is 11.1 Å². The van der Waals surface area contributed by atoms with Crippen LogP contribution in [0, 0.1) is 5.92 Å². The number of aliphatic hydroxyl groups is 1. The Kier molecular flexibility index (Phi) is 4.11. The van der Waals surface area contributed by atoms with E-state index in [4.69, 9.17) is 0 Å². The molecular formula is C18H23NO2. The standard InChI is InChI=1S/C18H23NO2/c20-17(15-7-2-1-3-8-15)19-13-18(21)11-10-14-6-4-5-9-16(14)12-18/h1-2,4-6,9,15,21H,3,7-8,10-13H2,(H,19,20)/t15-,18-/m0/s1. The van der Waals surface area contributed by atoms with Gasteiger partial charge in [-0.3, -0.25) is 4.79 Å². The van der Waals surface area contributed by atoms with E-state index < -0.39 is 5.60 Å². The number of benzene rings is 1. The minimum Gasteiger partial charge on any atom is -0.388 e. The third kappa shape index (κ3) is 3.35. The summed E-state index contributed by atoms with van der Waals surface area (Å²) in [5, 5.41) is 13.7. The maximum atomic E-state index is 12.2. The second-order valence-electron chi connectivity index (χ2n) is 6.37. The minimum absolute atomic E-state index is 0.0782. The number of amides is 1. The molecule has 0 aliphatic heterocycles. The molecule has 2 N–H and O–H groups in total. The third-order valence-corrected chi connectivity index (χ3v) is 4.73. The first-order chi connectivity index (χ1) is 10.2. The summed E-state index contributed by atoms with van der Waals surface area (Å²) in [7, 11) is 0. The molecule has 0 heterocycles. The summed E-state index contributed by atoms with van der Waals surface area (Å²) in [6, 6.07) is 8.26. The van der Waals surface area contributed by atoms with Gasteiger partial charge in [0.15, 0.2) is 0 Å². The van der Waals surface area contributed by atoms with E-state index >= 15 is 0 Å². The molecule has 0 fully saturated rings. The van der Waals surface area contributed by atoms with Crippen LogP contribution in [0.5, 0.6) is 0 Å². The van der Waals surface area contributed by atoms with Crippen molar-refractivity contribution >= 4 is 5.91 Å². The number of carbonyl (C=O) groups excluding carboxylic acids is 1. The van der Waals surface area contributed by atoms with E-state index in [2.05, 4.69) is 29.6 Å². The molecule has 1 aromatic carbocycles. The summed E-state index contributed by atoms with van der Waals surface area (Å²) in [6.45, 7) is 0.361. The summed E-state index contributed by atoms with van der Waals surface area (Å²) in [5.41, 5.74) is 1.74. The molecule has 2 atom stereocenters. The Hall–Kier alpha value is -1.61. The fraction of sp³-hybridized carbons (Fsp3) is 0.500. The second kappa shape index (κ2) is 6.02. The summed E-state index contributed by atoms with van der Waals surface area (Å²) < 4.78 is 0. The van der Waals surface area contributed by atoms with Crippen molar-refractivity contribution in [1.29, 1.82) is 0 Å². The first-order valence-corrected chi connectivity index (χ1v) is 7.88. The SMILES string of the molecule is O=C(NC[C@]1(O)CCc2ccccc2C1)[C@H]1CC=CCC1. The summed E-state index contributed by atoms with van der Waals surface area (Å²) in [5.74, 6) is 0.168. The number of fused-ring (bicyclic) bond motifs is 1. The van der Waals surface area contributed by atoms with E-state index in [-0.39, 0.29) is 11.8 Å². The minimum atomic E-state index is -0.797. The molecule has 21 heavy (non-hydrogen) atoms. The number of hydrogen-bond donors (Lipinski definition) is 2. The lowest BCUT2D eigenvalue weighted by Gasteiger charge is -2.34. The molecule has 2 aliphatic rings. The van der Waals surface area contributed by atoms with E-state index in [0.717, 1.165) is 32.1 Å². The maximum absolute atomic E-state index is 12.2. The van der Waals surface area contributed by atoms with Crippen LogP contribution in [0.1, 0.15) is 36.8 Å². The van der Waals surface area contributed by atoms with Crippen molar-refractivity contribution in [3.63, 3.8) is 0 Å². The first-order valence-electron chi connectivity index (χ1n) is 7.88. The number of allylic oxidation sites excluding steroid dienone is 2. The largest absolute Gasteiger partial charge is 0.388 e. The second-order valence-corrected chi connectivity index (χ2v) is 6.37. The van der Waals surface area contributed by atoms with E-state index in [0.29, 0.717) is 13.0 Å². The van der Waals surface area contributed by atoms with E-state index in [1.807, 2.05) is 12.1 Å². The number of aryl methyl sites for hydroxylation is 1. The van der Waals surface area contributed by atoms with Crippen molar-refractivity contribution in [2.24, 2.45) is 5.92 Å². The summed E-state index contributed by atoms with van der Waals surface area (Å²) in [6.07, 6.45) is 9.18. The highest BCUT2D eigenvalue weighted by molar-refractivity contribution is 5.79. The van der Waals surface area contributed by atoms with Gasteiger partial charge in [-0.2, -0.15) is 0 Å². The molecule has 0 bridgehead atoms. The molecular weight excluding hydrogens is 262 g/mol. The molecule has 0 radical (unpaired) electrons. The predicted octanol–water partition coefficient (Wildman–Crippen LogP) is 2.38. The van der Waals surface area contributed by atoms with Gasteiger partial charge in [0.25, 0.3) is 0 Å². The zero-order valence-corrected chi connectivity index (χ0v) is 12.3.